The van der Waals surface area contributed by atoms with Crippen molar-refractivity contribution < 1.29 is 13.2 Å². The van der Waals surface area contributed by atoms with E-state index in [0.717, 1.165) is 4.70 Å². The van der Waals surface area contributed by atoms with Gasteiger partial charge in [-0.1, -0.05) is 23.8 Å². The second kappa shape index (κ2) is 8.87. The molecule has 1 N–H and O–H groups in total. The van der Waals surface area contributed by atoms with E-state index in [4.69, 9.17) is 11.6 Å². The third-order valence-corrected chi connectivity index (χ3v) is 7.11. The van der Waals surface area contributed by atoms with Gasteiger partial charge in [0.15, 0.2) is 0 Å². The van der Waals surface area contributed by atoms with Gasteiger partial charge < -0.3 is 5.32 Å². The number of carbonyl (C=O) groups excluding carboxylic acids is 1. The summed E-state index contributed by atoms with van der Waals surface area (Å²) in [6.07, 6.45) is 3.02. The topological polar surface area (TPSA) is 79.4 Å². The van der Waals surface area contributed by atoms with E-state index in [1.165, 1.54) is 52.1 Å². The Bertz CT molecular complexity index is 1160. The molecule has 0 aliphatic heterocycles. The summed E-state index contributed by atoms with van der Waals surface area (Å²) >= 11 is 7.48. The van der Waals surface area contributed by atoms with Crippen molar-refractivity contribution in [2.45, 2.75) is 4.90 Å². The zero-order valence-corrected chi connectivity index (χ0v) is 17.7. The molecule has 3 rings (SSSR count). The Kier molecular flexibility index (Phi) is 6.49. The van der Waals surface area contributed by atoms with Crippen molar-refractivity contribution in [2.75, 3.05) is 18.4 Å². The Hall–Kier alpha value is -2.52. The zero-order chi connectivity index (χ0) is 21.0. The fraction of sp³-hybridized carbons (Fsp3) is 0.100. The summed E-state index contributed by atoms with van der Waals surface area (Å²) in [5, 5.41) is 3.33. The molecule has 0 saturated carbocycles. The summed E-state index contributed by atoms with van der Waals surface area (Å²) < 4.78 is 27.5. The van der Waals surface area contributed by atoms with E-state index in [-0.39, 0.29) is 23.9 Å². The molecule has 150 valence electrons. The first-order chi connectivity index (χ1) is 13.9. The lowest BCUT2D eigenvalue weighted by Gasteiger charge is -2.19. The maximum absolute atomic E-state index is 12.7. The van der Waals surface area contributed by atoms with Crippen LogP contribution < -0.4 is 5.32 Å². The van der Waals surface area contributed by atoms with E-state index in [1.54, 1.807) is 17.6 Å². The van der Waals surface area contributed by atoms with Crippen LogP contribution in [0.3, 0.4) is 0 Å². The molecule has 0 fully saturated rings. The van der Waals surface area contributed by atoms with Crippen molar-refractivity contribution in [3.63, 3.8) is 0 Å². The fourth-order valence-corrected chi connectivity index (χ4v) is 5.13. The molecule has 1 aromatic heterocycles. The highest BCUT2D eigenvalue weighted by atomic mass is 35.5. The van der Waals surface area contributed by atoms with Crippen LogP contribution in [0.2, 0.25) is 5.02 Å². The van der Waals surface area contributed by atoms with Crippen molar-refractivity contribution >= 4 is 54.8 Å². The molecule has 0 unspecified atom stereocenters. The minimum Gasteiger partial charge on any atom is -0.321 e. The van der Waals surface area contributed by atoms with Crippen molar-refractivity contribution in [1.29, 1.82) is 0 Å². The zero-order valence-electron chi connectivity index (χ0n) is 15.3. The number of anilines is 1. The van der Waals surface area contributed by atoms with Gasteiger partial charge in [-0.25, -0.2) is 13.4 Å². The van der Waals surface area contributed by atoms with E-state index < -0.39 is 10.0 Å². The Morgan fingerprint density at radius 1 is 1.14 bits per heavy atom. The molecule has 29 heavy (non-hydrogen) atoms. The molecular formula is C20H18ClN3O3S2. The number of carbonyl (C=O) groups is 1. The van der Waals surface area contributed by atoms with Crippen LogP contribution in [0.15, 0.2) is 72.1 Å². The summed E-state index contributed by atoms with van der Waals surface area (Å²) in [6.45, 7) is 7.50. The molecular weight excluding hydrogens is 430 g/mol. The Morgan fingerprint density at radius 3 is 2.41 bits per heavy atom. The smallest absolute Gasteiger partial charge is 0.255 e. The number of amides is 1. The van der Waals surface area contributed by atoms with Gasteiger partial charge in [-0.15, -0.1) is 24.5 Å². The fourth-order valence-electron chi connectivity index (χ4n) is 2.70. The molecule has 0 aliphatic rings. The number of fused-ring (bicyclic) bond motifs is 1. The van der Waals surface area contributed by atoms with E-state index >= 15 is 0 Å². The number of aromatic nitrogens is 1. The summed E-state index contributed by atoms with van der Waals surface area (Å²) in [5.41, 5.74) is 3.21. The minimum atomic E-state index is -3.71. The number of nitrogens with one attached hydrogen (secondary N) is 1. The maximum Gasteiger partial charge on any atom is 0.255 e. The standard InChI is InChI=1S/C20H18ClN3O3S2/c1-3-11-24(12-4-2)29(26,27)15-7-5-14(6-8-15)20(25)23-17-10-9-16(21)18-19(17)28-13-22-18/h3-10,13H,1-2,11-12H2,(H,23,25). The monoisotopic (exact) mass is 447 g/mol. The van der Waals surface area contributed by atoms with Crippen LogP contribution in [0, 0.1) is 0 Å². The number of thiazole rings is 1. The van der Waals surface area contributed by atoms with Crippen molar-refractivity contribution in [3.8, 4) is 0 Å². The van der Waals surface area contributed by atoms with Gasteiger partial charge in [-0.3, -0.25) is 4.79 Å². The average molecular weight is 448 g/mol. The molecule has 9 heteroatoms. The van der Waals surface area contributed by atoms with Crippen LogP contribution in [-0.4, -0.2) is 36.7 Å². The molecule has 1 heterocycles. The number of benzene rings is 2. The van der Waals surface area contributed by atoms with Gasteiger partial charge in [0.05, 0.1) is 25.8 Å². The van der Waals surface area contributed by atoms with Gasteiger partial charge in [-0.2, -0.15) is 4.31 Å². The summed E-state index contributed by atoms with van der Waals surface area (Å²) in [7, 11) is -3.71. The number of halogens is 1. The first-order valence-electron chi connectivity index (χ1n) is 8.53. The highest BCUT2D eigenvalue weighted by Crippen LogP contribution is 2.32. The van der Waals surface area contributed by atoms with Gasteiger partial charge in [0.2, 0.25) is 10.0 Å². The molecule has 0 atom stereocenters. The second-order valence-electron chi connectivity index (χ2n) is 6.00. The van der Waals surface area contributed by atoms with Gasteiger partial charge in [0, 0.05) is 18.7 Å². The van der Waals surface area contributed by atoms with Crippen LogP contribution in [0.1, 0.15) is 10.4 Å². The quantitative estimate of drug-likeness (QED) is 0.513. The molecule has 6 nitrogen and oxygen atoms in total. The van der Waals surface area contributed by atoms with E-state index in [2.05, 4.69) is 23.5 Å². The van der Waals surface area contributed by atoms with E-state index in [1.807, 2.05) is 0 Å². The average Bonchev–Trinajstić information content (AvgIpc) is 3.21. The van der Waals surface area contributed by atoms with Crippen molar-refractivity contribution in [1.82, 2.24) is 9.29 Å². The first-order valence-corrected chi connectivity index (χ1v) is 11.2. The molecule has 2 aromatic carbocycles. The molecule has 3 aromatic rings. The Morgan fingerprint density at radius 2 is 1.79 bits per heavy atom. The van der Waals surface area contributed by atoms with Gasteiger partial charge in [0.1, 0.15) is 5.52 Å². The van der Waals surface area contributed by atoms with Crippen molar-refractivity contribution in [3.05, 3.63) is 77.8 Å². The van der Waals surface area contributed by atoms with E-state index in [0.29, 0.717) is 21.8 Å². The third kappa shape index (κ3) is 4.40. The molecule has 0 saturated heterocycles. The summed E-state index contributed by atoms with van der Waals surface area (Å²) in [6, 6.07) is 9.15. The first kappa shape index (κ1) is 21.2. The number of nitrogens with zero attached hydrogens (tertiary/aromatic N) is 2. The van der Waals surface area contributed by atoms with Crippen LogP contribution in [0.25, 0.3) is 10.2 Å². The van der Waals surface area contributed by atoms with Crippen LogP contribution in [0.4, 0.5) is 5.69 Å². The van der Waals surface area contributed by atoms with Crippen molar-refractivity contribution in [2.24, 2.45) is 0 Å². The highest BCUT2D eigenvalue weighted by molar-refractivity contribution is 7.89. The van der Waals surface area contributed by atoms with Gasteiger partial charge in [0.25, 0.3) is 5.91 Å². The maximum atomic E-state index is 12.7. The van der Waals surface area contributed by atoms with Crippen LogP contribution in [-0.2, 0) is 10.0 Å². The lowest BCUT2D eigenvalue weighted by Crippen LogP contribution is -2.31. The number of rotatable bonds is 8. The normalized spacial score (nSPS) is 11.5. The summed E-state index contributed by atoms with van der Waals surface area (Å²) in [4.78, 5) is 16.9. The number of hydrogen-bond donors (Lipinski definition) is 1. The number of sulfonamides is 1. The third-order valence-electron chi connectivity index (χ3n) is 4.10. The number of hydrogen-bond acceptors (Lipinski definition) is 5. The molecule has 0 radical (unpaired) electrons. The van der Waals surface area contributed by atoms with Gasteiger partial charge in [-0.05, 0) is 36.4 Å². The van der Waals surface area contributed by atoms with Crippen LogP contribution >= 0.6 is 22.9 Å². The molecule has 0 spiro atoms. The Balaban J connectivity index is 1.83. The minimum absolute atomic E-state index is 0.0918. The molecule has 0 bridgehead atoms. The summed E-state index contributed by atoms with van der Waals surface area (Å²) in [5.74, 6) is -0.361. The largest absolute Gasteiger partial charge is 0.321 e. The predicted octanol–water partition coefficient (Wildman–Crippen LogP) is 4.56. The second-order valence-corrected chi connectivity index (χ2v) is 9.20. The van der Waals surface area contributed by atoms with Crippen LogP contribution in [0.5, 0.6) is 0 Å². The molecule has 0 aliphatic carbocycles. The van der Waals surface area contributed by atoms with Gasteiger partial charge >= 0.3 is 0 Å². The Labute approximate surface area is 178 Å². The SMILES string of the molecule is C=CCN(CC=C)S(=O)(=O)c1ccc(C(=O)Nc2ccc(Cl)c3ncsc23)cc1. The van der Waals surface area contributed by atoms with E-state index in [9.17, 15) is 13.2 Å². The lowest BCUT2D eigenvalue weighted by atomic mass is 10.2. The molecule has 1 amide bonds. The predicted molar refractivity (Wildman–Crippen MR) is 118 cm³/mol. The highest BCUT2D eigenvalue weighted by Gasteiger charge is 2.22. The lowest BCUT2D eigenvalue weighted by molar-refractivity contribution is 0.102.